The molecule has 3 heterocycles. The highest BCUT2D eigenvalue weighted by molar-refractivity contribution is 6.00. The fourth-order valence-corrected chi connectivity index (χ4v) is 4.38. The van der Waals surface area contributed by atoms with Gasteiger partial charge in [0.25, 0.3) is 0 Å². The second-order valence-corrected chi connectivity index (χ2v) is 8.12. The van der Waals surface area contributed by atoms with Crippen LogP contribution in [0.1, 0.15) is 25.7 Å². The highest BCUT2D eigenvalue weighted by Gasteiger charge is 2.25. The van der Waals surface area contributed by atoms with E-state index in [0.717, 1.165) is 46.9 Å². The number of anilines is 3. The number of rotatable bonds is 3. The fourth-order valence-electron chi connectivity index (χ4n) is 4.38. The van der Waals surface area contributed by atoms with E-state index in [0.29, 0.717) is 6.04 Å². The number of carbonyl (C=O) groups is 1. The maximum atomic E-state index is 12.5. The molecule has 0 bridgehead atoms. The third kappa shape index (κ3) is 2.63. The van der Waals surface area contributed by atoms with Crippen molar-refractivity contribution in [3.63, 3.8) is 0 Å². The smallest absolute Gasteiger partial charge is 0.244 e. The maximum Gasteiger partial charge on any atom is 0.244 e. The van der Waals surface area contributed by atoms with Gasteiger partial charge < -0.3 is 20.1 Å². The third-order valence-corrected chi connectivity index (χ3v) is 5.99. The van der Waals surface area contributed by atoms with E-state index in [9.17, 15) is 4.79 Å². The van der Waals surface area contributed by atoms with Crippen molar-refractivity contribution >= 4 is 34.0 Å². The van der Waals surface area contributed by atoms with Crippen molar-refractivity contribution in [2.45, 2.75) is 38.3 Å². The number of hydrogen-bond acceptors (Lipinski definition) is 4. The SMILES string of the molecule is O=C1Cn2c(nc3cc(N4CCCC4)ccc32)-c2cc(NC3CC3)ccc2N1. The van der Waals surface area contributed by atoms with Crippen LogP contribution in [0.15, 0.2) is 36.4 Å². The predicted molar refractivity (Wildman–Crippen MR) is 112 cm³/mol. The Morgan fingerprint density at radius 1 is 1.07 bits per heavy atom. The van der Waals surface area contributed by atoms with Gasteiger partial charge in [-0.1, -0.05) is 0 Å². The average molecular weight is 373 g/mol. The molecule has 2 N–H and O–H groups in total. The van der Waals surface area contributed by atoms with Crippen LogP contribution in [0.3, 0.4) is 0 Å². The first kappa shape index (κ1) is 16.0. The molecule has 3 aromatic rings. The minimum Gasteiger partial charge on any atom is -0.382 e. The molecule has 1 saturated heterocycles. The Morgan fingerprint density at radius 2 is 1.93 bits per heavy atom. The van der Waals surface area contributed by atoms with Crippen LogP contribution in [0.5, 0.6) is 0 Å². The lowest BCUT2D eigenvalue weighted by Gasteiger charge is -2.17. The number of aromatic nitrogens is 2. The molecule has 3 aliphatic rings. The summed E-state index contributed by atoms with van der Waals surface area (Å²) in [5.41, 5.74) is 6.11. The summed E-state index contributed by atoms with van der Waals surface area (Å²) in [6.45, 7) is 2.51. The molecule has 6 heteroatoms. The summed E-state index contributed by atoms with van der Waals surface area (Å²) in [5, 5.41) is 6.59. The molecule has 6 nitrogen and oxygen atoms in total. The molecule has 1 amide bonds. The van der Waals surface area contributed by atoms with E-state index >= 15 is 0 Å². The monoisotopic (exact) mass is 373 g/mol. The van der Waals surface area contributed by atoms with E-state index in [4.69, 9.17) is 4.98 Å². The van der Waals surface area contributed by atoms with Crippen molar-refractivity contribution in [2.24, 2.45) is 0 Å². The van der Waals surface area contributed by atoms with Crippen molar-refractivity contribution < 1.29 is 4.79 Å². The fraction of sp³-hybridized carbons (Fsp3) is 0.364. The highest BCUT2D eigenvalue weighted by Crippen LogP contribution is 2.37. The van der Waals surface area contributed by atoms with Crippen molar-refractivity contribution in [3.05, 3.63) is 36.4 Å². The maximum absolute atomic E-state index is 12.5. The van der Waals surface area contributed by atoms with Crippen LogP contribution in [-0.4, -0.2) is 34.6 Å². The lowest BCUT2D eigenvalue weighted by molar-refractivity contribution is -0.116. The zero-order valence-electron chi connectivity index (χ0n) is 15.7. The largest absolute Gasteiger partial charge is 0.382 e. The van der Waals surface area contributed by atoms with Gasteiger partial charge in [0.05, 0.1) is 16.7 Å². The van der Waals surface area contributed by atoms with Crippen LogP contribution in [0.2, 0.25) is 0 Å². The highest BCUT2D eigenvalue weighted by atomic mass is 16.2. The molecule has 6 rings (SSSR count). The van der Waals surface area contributed by atoms with E-state index in [1.165, 1.54) is 31.4 Å². The molecular weight excluding hydrogens is 350 g/mol. The second kappa shape index (κ2) is 5.99. The van der Waals surface area contributed by atoms with Gasteiger partial charge in [-0.05, 0) is 62.1 Å². The van der Waals surface area contributed by atoms with E-state index in [2.05, 4.69) is 39.8 Å². The van der Waals surface area contributed by atoms with Gasteiger partial charge in [0.2, 0.25) is 5.91 Å². The molecule has 2 aliphatic heterocycles. The van der Waals surface area contributed by atoms with Crippen molar-refractivity contribution in [1.29, 1.82) is 0 Å². The van der Waals surface area contributed by atoms with Crippen molar-refractivity contribution in [2.75, 3.05) is 28.6 Å². The zero-order valence-corrected chi connectivity index (χ0v) is 15.7. The lowest BCUT2D eigenvalue weighted by atomic mass is 10.1. The van der Waals surface area contributed by atoms with Gasteiger partial charge in [-0.3, -0.25) is 4.79 Å². The summed E-state index contributed by atoms with van der Waals surface area (Å²) >= 11 is 0. The van der Waals surface area contributed by atoms with Gasteiger partial charge in [0, 0.05) is 36.1 Å². The summed E-state index contributed by atoms with van der Waals surface area (Å²) in [4.78, 5) is 19.9. The Morgan fingerprint density at radius 3 is 2.75 bits per heavy atom. The second-order valence-electron chi connectivity index (χ2n) is 8.12. The average Bonchev–Trinajstić information content (AvgIpc) is 3.24. The summed E-state index contributed by atoms with van der Waals surface area (Å²) < 4.78 is 2.05. The number of benzene rings is 2. The van der Waals surface area contributed by atoms with Crippen LogP contribution in [0.25, 0.3) is 22.4 Å². The molecule has 2 fully saturated rings. The molecular formula is C22H23N5O. The molecule has 1 aromatic heterocycles. The summed E-state index contributed by atoms with van der Waals surface area (Å²) in [7, 11) is 0. The van der Waals surface area contributed by atoms with Crippen LogP contribution in [0, 0.1) is 0 Å². The van der Waals surface area contributed by atoms with E-state index < -0.39 is 0 Å². The topological polar surface area (TPSA) is 62.2 Å². The van der Waals surface area contributed by atoms with E-state index in [-0.39, 0.29) is 12.5 Å². The molecule has 2 aromatic carbocycles. The number of carbonyl (C=O) groups excluding carboxylic acids is 1. The molecule has 0 unspecified atom stereocenters. The van der Waals surface area contributed by atoms with E-state index in [1.807, 2.05) is 16.7 Å². The van der Waals surface area contributed by atoms with Gasteiger partial charge in [-0.25, -0.2) is 4.98 Å². The molecule has 28 heavy (non-hydrogen) atoms. The molecule has 0 spiro atoms. The van der Waals surface area contributed by atoms with Crippen LogP contribution < -0.4 is 15.5 Å². The summed E-state index contributed by atoms with van der Waals surface area (Å²) in [6.07, 6.45) is 4.96. The Kier molecular flexibility index (Phi) is 3.42. The molecule has 1 aliphatic carbocycles. The first-order chi connectivity index (χ1) is 13.7. The first-order valence-corrected chi connectivity index (χ1v) is 10.2. The van der Waals surface area contributed by atoms with Crippen molar-refractivity contribution in [3.8, 4) is 11.4 Å². The first-order valence-electron chi connectivity index (χ1n) is 10.2. The zero-order chi connectivity index (χ0) is 18.7. The van der Waals surface area contributed by atoms with Gasteiger partial charge >= 0.3 is 0 Å². The number of amides is 1. The summed E-state index contributed by atoms with van der Waals surface area (Å²) in [6, 6.07) is 13.2. The van der Waals surface area contributed by atoms with Gasteiger partial charge in [-0.15, -0.1) is 0 Å². The number of imidazole rings is 1. The number of fused-ring (bicyclic) bond motifs is 5. The molecule has 142 valence electrons. The Bertz CT molecular complexity index is 1090. The molecule has 0 atom stereocenters. The molecule has 1 saturated carbocycles. The van der Waals surface area contributed by atoms with Crippen LogP contribution in [-0.2, 0) is 11.3 Å². The summed E-state index contributed by atoms with van der Waals surface area (Å²) in [5.74, 6) is 0.854. The lowest BCUT2D eigenvalue weighted by Crippen LogP contribution is -2.17. The number of nitrogens with one attached hydrogen (secondary N) is 2. The molecule has 0 radical (unpaired) electrons. The Hall–Kier alpha value is -3.02. The quantitative estimate of drug-likeness (QED) is 0.732. The minimum atomic E-state index is -0.00850. The van der Waals surface area contributed by atoms with Crippen molar-refractivity contribution in [1.82, 2.24) is 9.55 Å². The number of hydrogen-bond donors (Lipinski definition) is 2. The Balaban J connectivity index is 1.49. The standard InChI is InChI=1S/C22H23N5O/c28-21-13-27-20-8-6-16(26-9-1-2-10-26)12-19(20)25-22(27)17-11-15(23-14-3-4-14)5-7-18(17)24-21/h5-8,11-12,14,23H,1-4,9-10,13H2,(H,24,28). The normalized spacial score (nSPS) is 18.6. The predicted octanol–water partition coefficient (Wildman–Crippen LogP) is 3.83. The van der Waals surface area contributed by atoms with Gasteiger partial charge in [0.15, 0.2) is 0 Å². The number of nitrogens with zero attached hydrogens (tertiary/aromatic N) is 3. The third-order valence-electron chi connectivity index (χ3n) is 5.99. The minimum absolute atomic E-state index is 0.00850. The van der Waals surface area contributed by atoms with E-state index in [1.54, 1.807) is 0 Å². The van der Waals surface area contributed by atoms with Crippen LogP contribution in [0.4, 0.5) is 17.1 Å². The van der Waals surface area contributed by atoms with Gasteiger partial charge in [0.1, 0.15) is 12.4 Å². The Labute approximate surface area is 163 Å². The van der Waals surface area contributed by atoms with Gasteiger partial charge in [-0.2, -0.15) is 0 Å². The van der Waals surface area contributed by atoms with Crippen LogP contribution >= 0.6 is 0 Å².